The average molecular weight is 325 g/mol. The molecule has 0 radical (unpaired) electrons. The lowest BCUT2D eigenvalue weighted by Crippen LogP contribution is -2.53. The number of aliphatic hydroxyl groups is 1. The molecule has 1 aliphatic heterocycles. The van der Waals surface area contributed by atoms with Crippen LogP contribution in [0.3, 0.4) is 0 Å². The number of rotatable bonds is 4. The average Bonchev–Trinajstić information content (AvgIpc) is 2.56. The van der Waals surface area contributed by atoms with Crippen molar-refractivity contribution in [2.24, 2.45) is 0 Å². The highest BCUT2D eigenvalue weighted by Crippen LogP contribution is 2.44. The summed E-state index contributed by atoms with van der Waals surface area (Å²) >= 11 is 0. The Labute approximate surface area is 144 Å². The molecule has 1 aliphatic rings. The summed E-state index contributed by atoms with van der Waals surface area (Å²) in [6.07, 6.45) is 1.93. The van der Waals surface area contributed by atoms with Crippen LogP contribution in [-0.2, 0) is 5.41 Å². The van der Waals surface area contributed by atoms with Crippen molar-refractivity contribution in [1.82, 2.24) is 4.90 Å². The van der Waals surface area contributed by atoms with Gasteiger partial charge in [0.15, 0.2) is 0 Å². The first-order valence-electron chi connectivity index (χ1n) is 8.65. The van der Waals surface area contributed by atoms with Crippen LogP contribution in [-0.4, -0.2) is 35.7 Å². The number of nitrogens with zero attached hydrogens (tertiary/aromatic N) is 1. The predicted molar refractivity (Wildman–Crippen MR) is 97.7 cm³/mol. The first kappa shape index (κ1) is 17.0. The SMILES string of the molecule is CN1CCC(c2ccc(Oc3ccccc3)cc2)(C(C)(C)O)CC1. The molecule has 0 aliphatic carbocycles. The lowest BCUT2D eigenvalue weighted by atomic mass is 9.63. The third-order valence-corrected chi connectivity index (χ3v) is 5.40. The molecule has 0 amide bonds. The minimum absolute atomic E-state index is 0.204. The molecular weight excluding hydrogens is 298 g/mol. The molecule has 1 heterocycles. The number of likely N-dealkylation sites (tertiary alicyclic amines) is 1. The van der Waals surface area contributed by atoms with Gasteiger partial charge in [0.05, 0.1) is 5.60 Å². The minimum Gasteiger partial charge on any atom is -0.457 e. The van der Waals surface area contributed by atoms with Crippen molar-refractivity contribution >= 4 is 0 Å². The van der Waals surface area contributed by atoms with Gasteiger partial charge in [0.2, 0.25) is 0 Å². The van der Waals surface area contributed by atoms with Gasteiger partial charge < -0.3 is 14.7 Å². The zero-order chi connectivity index (χ0) is 17.2. The van der Waals surface area contributed by atoms with E-state index in [9.17, 15) is 5.11 Å². The Morgan fingerprint density at radius 3 is 2.00 bits per heavy atom. The Morgan fingerprint density at radius 1 is 0.917 bits per heavy atom. The lowest BCUT2D eigenvalue weighted by Gasteiger charge is -2.48. The topological polar surface area (TPSA) is 32.7 Å². The first-order valence-corrected chi connectivity index (χ1v) is 8.65. The van der Waals surface area contributed by atoms with E-state index in [1.54, 1.807) is 0 Å². The van der Waals surface area contributed by atoms with Gasteiger partial charge >= 0.3 is 0 Å². The van der Waals surface area contributed by atoms with Crippen molar-refractivity contribution in [2.75, 3.05) is 20.1 Å². The summed E-state index contributed by atoms with van der Waals surface area (Å²) in [5, 5.41) is 10.9. The highest BCUT2D eigenvalue weighted by molar-refractivity contribution is 5.37. The predicted octanol–water partition coefficient (Wildman–Crippen LogP) is 4.21. The Balaban J connectivity index is 1.85. The maximum atomic E-state index is 10.9. The van der Waals surface area contributed by atoms with Crippen LogP contribution in [0.15, 0.2) is 54.6 Å². The fourth-order valence-corrected chi connectivity index (χ4v) is 3.72. The number of piperidine rings is 1. The molecular formula is C21H27NO2. The van der Waals surface area contributed by atoms with Crippen LogP contribution < -0.4 is 4.74 Å². The summed E-state index contributed by atoms with van der Waals surface area (Å²) in [6.45, 7) is 5.89. The molecule has 0 saturated carbocycles. The zero-order valence-corrected chi connectivity index (χ0v) is 14.8. The molecule has 2 aromatic rings. The largest absolute Gasteiger partial charge is 0.457 e. The van der Waals surface area contributed by atoms with Crippen molar-refractivity contribution in [3.05, 3.63) is 60.2 Å². The van der Waals surface area contributed by atoms with Gasteiger partial charge in [-0.15, -0.1) is 0 Å². The number of hydrogen-bond donors (Lipinski definition) is 1. The van der Waals surface area contributed by atoms with Crippen LogP contribution in [0.5, 0.6) is 11.5 Å². The molecule has 0 bridgehead atoms. The second kappa shape index (κ2) is 6.58. The van der Waals surface area contributed by atoms with Crippen molar-refractivity contribution < 1.29 is 9.84 Å². The second-order valence-electron chi connectivity index (χ2n) is 7.38. The van der Waals surface area contributed by atoms with Crippen molar-refractivity contribution in [2.45, 2.75) is 37.7 Å². The van der Waals surface area contributed by atoms with Crippen LogP contribution in [0.25, 0.3) is 0 Å². The second-order valence-corrected chi connectivity index (χ2v) is 7.38. The fourth-order valence-electron chi connectivity index (χ4n) is 3.72. The number of para-hydroxylation sites is 1. The summed E-state index contributed by atoms with van der Waals surface area (Å²) in [7, 11) is 2.14. The van der Waals surface area contributed by atoms with Crippen LogP contribution >= 0.6 is 0 Å². The lowest BCUT2D eigenvalue weighted by molar-refractivity contribution is -0.0362. The van der Waals surface area contributed by atoms with Crippen molar-refractivity contribution in [3.8, 4) is 11.5 Å². The molecule has 3 heteroatoms. The molecule has 1 fully saturated rings. The Bertz CT molecular complexity index is 650. The summed E-state index contributed by atoms with van der Waals surface area (Å²) in [5.41, 5.74) is 0.240. The van der Waals surface area contributed by atoms with Crippen molar-refractivity contribution in [1.29, 1.82) is 0 Å². The fraction of sp³-hybridized carbons (Fsp3) is 0.429. The molecule has 0 aromatic heterocycles. The smallest absolute Gasteiger partial charge is 0.127 e. The van der Waals surface area contributed by atoms with Crippen LogP contribution in [0.1, 0.15) is 32.3 Å². The molecule has 2 aromatic carbocycles. The normalized spacial score (nSPS) is 18.3. The summed E-state index contributed by atoms with van der Waals surface area (Å²) in [6, 6.07) is 18.0. The van der Waals surface area contributed by atoms with E-state index in [0.29, 0.717) is 0 Å². The van der Waals surface area contributed by atoms with Crippen LogP contribution in [0, 0.1) is 0 Å². The molecule has 128 valence electrons. The van der Waals surface area contributed by atoms with Gasteiger partial charge in [-0.05, 0) is 76.7 Å². The van der Waals surface area contributed by atoms with E-state index in [0.717, 1.165) is 37.4 Å². The Kier molecular flexibility index (Phi) is 4.66. The summed E-state index contributed by atoms with van der Waals surface area (Å²) in [5.74, 6) is 1.66. The van der Waals surface area contributed by atoms with Gasteiger partial charge in [0, 0.05) is 5.41 Å². The highest BCUT2D eigenvalue weighted by Gasteiger charge is 2.46. The minimum atomic E-state index is -0.754. The van der Waals surface area contributed by atoms with E-state index in [-0.39, 0.29) is 5.41 Å². The molecule has 1 N–H and O–H groups in total. The van der Waals surface area contributed by atoms with Crippen LogP contribution in [0.2, 0.25) is 0 Å². The van der Waals surface area contributed by atoms with E-state index >= 15 is 0 Å². The van der Waals surface area contributed by atoms with Crippen molar-refractivity contribution in [3.63, 3.8) is 0 Å². The van der Waals surface area contributed by atoms with Gasteiger partial charge in [-0.25, -0.2) is 0 Å². The molecule has 24 heavy (non-hydrogen) atoms. The molecule has 3 nitrogen and oxygen atoms in total. The third kappa shape index (κ3) is 3.33. The Hall–Kier alpha value is -1.84. The highest BCUT2D eigenvalue weighted by atomic mass is 16.5. The van der Waals surface area contributed by atoms with E-state index in [1.807, 2.05) is 56.3 Å². The first-order chi connectivity index (χ1) is 11.4. The monoisotopic (exact) mass is 325 g/mol. The maximum Gasteiger partial charge on any atom is 0.127 e. The quantitative estimate of drug-likeness (QED) is 0.914. The molecule has 3 rings (SSSR count). The molecule has 1 saturated heterocycles. The molecule has 0 unspecified atom stereocenters. The van der Waals surface area contributed by atoms with E-state index < -0.39 is 5.60 Å². The van der Waals surface area contributed by atoms with E-state index in [1.165, 1.54) is 5.56 Å². The van der Waals surface area contributed by atoms with Crippen LogP contribution in [0.4, 0.5) is 0 Å². The summed E-state index contributed by atoms with van der Waals surface area (Å²) in [4.78, 5) is 2.33. The zero-order valence-electron chi connectivity index (χ0n) is 14.8. The summed E-state index contributed by atoms with van der Waals surface area (Å²) < 4.78 is 5.89. The van der Waals surface area contributed by atoms with E-state index in [4.69, 9.17) is 4.74 Å². The number of benzene rings is 2. The third-order valence-electron chi connectivity index (χ3n) is 5.40. The van der Waals surface area contributed by atoms with E-state index in [2.05, 4.69) is 24.1 Å². The van der Waals surface area contributed by atoms with Gasteiger partial charge in [-0.1, -0.05) is 30.3 Å². The maximum absolute atomic E-state index is 10.9. The van der Waals surface area contributed by atoms with Gasteiger partial charge in [-0.2, -0.15) is 0 Å². The van der Waals surface area contributed by atoms with Gasteiger partial charge in [0.25, 0.3) is 0 Å². The number of ether oxygens (including phenoxy) is 1. The molecule has 0 spiro atoms. The number of hydrogen-bond acceptors (Lipinski definition) is 3. The van der Waals surface area contributed by atoms with Gasteiger partial charge in [0.1, 0.15) is 11.5 Å². The molecule has 0 atom stereocenters. The standard InChI is InChI=1S/C21H27NO2/c1-20(2,23)21(13-15-22(3)16-14-21)17-9-11-19(12-10-17)24-18-7-5-4-6-8-18/h4-12,23H,13-16H2,1-3H3. The Morgan fingerprint density at radius 2 is 1.46 bits per heavy atom. The van der Waals surface area contributed by atoms with Gasteiger partial charge in [-0.3, -0.25) is 0 Å².